The van der Waals surface area contributed by atoms with Crippen molar-refractivity contribution in [2.24, 2.45) is 11.8 Å². The highest BCUT2D eigenvalue weighted by molar-refractivity contribution is 5.85. The maximum Gasteiger partial charge on any atom is 0.326 e. The molecule has 1 fully saturated rings. The lowest BCUT2D eigenvalue weighted by atomic mass is 9.94. The van der Waals surface area contributed by atoms with Crippen molar-refractivity contribution in [1.29, 1.82) is 0 Å². The summed E-state index contributed by atoms with van der Waals surface area (Å²) in [6, 6.07) is -0.252. The predicted octanol–water partition coefficient (Wildman–Crippen LogP) is 1.72. The van der Waals surface area contributed by atoms with Gasteiger partial charge in [0.1, 0.15) is 6.04 Å². The van der Waals surface area contributed by atoms with E-state index < -0.39 is 12.0 Å². The van der Waals surface area contributed by atoms with Crippen molar-refractivity contribution in [2.45, 2.75) is 59.0 Å². The number of carbonyl (C=O) groups excluding carboxylic acids is 1. The molecule has 1 unspecified atom stereocenters. The third-order valence-corrected chi connectivity index (χ3v) is 3.95. The molecule has 0 saturated carbocycles. The van der Waals surface area contributed by atoms with Crippen LogP contribution in [0.5, 0.6) is 0 Å². The highest BCUT2D eigenvalue weighted by Crippen LogP contribution is 2.19. The second-order valence-corrected chi connectivity index (χ2v) is 6.43. The van der Waals surface area contributed by atoms with Crippen LogP contribution in [0.4, 0.5) is 0 Å². The number of aliphatic carboxylic acids is 1. The largest absolute Gasteiger partial charge is 0.480 e. The van der Waals surface area contributed by atoms with Crippen LogP contribution in [-0.2, 0) is 9.59 Å². The average Bonchev–Trinajstić information content (AvgIpc) is 2.37. The lowest BCUT2D eigenvalue weighted by Crippen LogP contribution is -2.47. The van der Waals surface area contributed by atoms with Crippen LogP contribution >= 0.6 is 0 Å². The van der Waals surface area contributed by atoms with Crippen LogP contribution in [-0.4, -0.2) is 47.1 Å². The lowest BCUT2D eigenvalue weighted by molar-refractivity contribution is -0.143. The van der Waals surface area contributed by atoms with Crippen LogP contribution in [0.15, 0.2) is 0 Å². The molecule has 0 spiro atoms. The van der Waals surface area contributed by atoms with Gasteiger partial charge in [0.2, 0.25) is 5.91 Å². The van der Waals surface area contributed by atoms with Gasteiger partial charge in [0, 0.05) is 12.0 Å². The Balaban J connectivity index is 2.48. The van der Waals surface area contributed by atoms with Crippen molar-refractivity contribution < 1.29 is 14.7 Å². The number of rotatable bonds is 6. The van der Waals surface area contributed by atoms with E-state index in [2.05, 4.69) is 24.1 Å². The average molecular weight is 284 g/mol. The number of amides is 1. The Morgan fingerprint density at radius 2 is 1.75 bits per heavy atom. The van der Waals surface area contributed by atoms with E-state index in [9.17, 15) is 9.59 Å². The Hall–Kier alpha value is -1.10. The Bertz CT molecular complexity index is 334. The third kappa shape index (κ3) is 5.12. The molecule has 5 heteroatoms. The van der Waals surface area contributed by atoms with Crippen LogP contribution in [0.3, 0.4) is 0 Å². The smallest absolute Gasteiger partial charge is 0.326 e. The molecule has 0 aromatic heterocycles. The first-order valence-electron chi connectivity index (χ1n) is 7.58. The molecule has 20 heavy (non-hydrogen) atoms. The molecule has 2 N–H and O–H groups in total. The molecular formula is C15H28N2O3. The van der Waals surface area contributed by atoms with Gasteiger partial charge in [-0.15, -0.1) is 0 Å². The highest BCUT2D eigenvalue weighted by Gasteiger charge is 2.29. The minimum absolute atomic E-state index is 0.0426. The van der Waals surface area contributed by atoms with E-state index in [4.69, 9.17) is 5.11 Å². The number of carboxylic acids is 1. The molecule has 0 radical (unpaired) electrons. The Labute approximate surface area is 121 Å². The summed E-state index contributed by atoms with van der Waals surface area (Å²) in [5.74, 6) is -0.827. The summed E-state index contributed by atoms with van der Waals surface area (Å²) < 4.78 is 0. The molecule has 1 saturated heterocycles. The number of nitrogens with zero attached hydrogens (tertiary/aromatic N) is 1. The molecule has 1 atom stereocenters. The monoisotopic (exact) mass is 284 g/mol. The fourth-order valence-electron chi connectivity index (χ4n) is 2.66. The summed E-state index contributed by atoms with van der Waals surface area (Å²) in [5, 5.41) is 11.9. The minimum Gasteiger partial charge on any atom is -0.480 e. The quantitative estimate of drug-likeness (QED) is 0.779. The Morgan fingerprint density at radius 3 is 2.15 bits per heavy atom. The number of carbonyl (C=O) groups is 2. The maximum absolute atomic E-state index is 12.2. The van der Waals surface area contributed by atoms with Crippen molar-refractivity contribution in [1.82, 2.24) is 10.2 Å². The Morgan fingerprint density at radius 1 is 1.20 bits per heavy atom. The van der Waals surface area contributed by atoms with Crippen LogP contribution in [0.2, 0.25) is 0 Å². The number of hydrogen-bond acceptors (Lipinski definition) is 3. The summed E-state index contributed by atoms with van der Waals surface area (Å²) in [5.41, 5.74) is 0. The first-order valence-corrected chi connectivity index (χ1v) is 7.58. The maximum atomic E-state index is 12.2. The summed E-state index contributed by atoms with van der Waals surface area (Å²) in [4.78, 5) is 25.7. The number of piperidine rings is 1. The van der Waals surface area contributed by atoms with Gasteiger partial charge in [0.15, 0.2) is 0 Å². The van der Waals surface area contributed by atoms with Gasteiger partial charge >= 0.3 is 5.97 Å². The van der Waals surface area contributed by atoms with E-state index in [0.29, 0.717) is 12.5 Å². The van der Waals surface area contributed by atoms with Gasteiger partial charge in [-0.2, -0.15) is 0 Å². The van der Waals surface area contributed by atoms with E-state index in [1.807, 2.05) is 13.8 Å². The normalized spacial score (nSPS) is 19.3. The first-order chi connectivity index (χ1) is 9.31. The Kier molecular flexibility index (Phi) is 6.46. The van der Waals surface area contributed by atoms with E-state index in [1.165, 1.54) is 0 Å². The van der Waals surface area contributed by atoms with Gasteiger partial charge in [-0.25, -0.2) is 4.79 Å². The fourth-order valence-corrected chi connectivity index (χ4v) is 2.66. The summed E-state index contributed by atoms with van der Waals surface area (Å²) in [6.07, 6.45) is 2.11. The third-order valence-electron chi connectivity index (χ3n) is 3.95. The van der Waals surface area contributed by atoms with E-state index in [0.717, 1.165) is 25.9 Å². The van der Waals surface area contributed by atoms with Crippen molar-refractivity contribution in [3.05, 3.63) is 0 Å². The molecule has 0 aromatic rings. The van der Waals surface area contributed by atoms with Gasteiger partial charge < -0.3 is 15.3 Å². The van der Waals surface area contributed by atoms with Gasteiger partial charge in [-0.3, -0.25) is 4.79 Å². The van der Waals surface area contributed by atoms with Gasteiger partial charge in [-0.1, -0.05) is 13.8 Å². The van der Waals surface area contributed by atoms with Gasteiger partial charge in [0.25, 0.3) is 0 Å². The van der Waals surface area contributed by atoms with Crippen molar-refractivity contribution >= 4 is 11.9 Å². The number of nitrogens with one attached hydrogen (secondary N) is 1. The van der Waals surface area contributed by atoms with Gasteiger partial charge in [0.05, 0.1) is 0 Å². The van der Waals surface area contributed by atoms with E-state index in [-0.39, 0.29) is 17.7 Å². The minimum atomic E-state index is -0.938. The first kappa shape index (κ1) is 17.0. The van der Waals surface area contributed by atoms with Crippen LogP contribution < -0.4 is 5.32 Å². The molecule has 0 aromatic carbocycles. The van der Waals surface area contributed by atoms with Crippen LogP contribution in [0.25, 0.3) is 0 Å². The van der Waals surface area contributed by atoms with Gasteiger partial charge in [-0.05, 0) is 52.1 Å². The second kappa shape index (κ2) is 7.62. The molecule has 1 amide bonds. The zero-order valence-electron chi connectivity index (χ0n) is 13.1. The molecule has 1 rings (SSSR count). The number of carboxylic acid groups (broad SMARTS) is 1. The molecule has 1 aliphatic heterocycles. The summed E-state index contributed by atoms with van der Waals surface area (Å²) in [7, 11) is 0. The van der Waals surface area contributed by atoms with Crippen LogP contribution in [0, 0.1) is 11.8 Å². The lowest BCUT2D eigenvalue weighted by Gasteiger charge is -2.34. The molecule has 5 nitrogen and oxygen atoms in total. The molecule has 1 aliphatic rings. The SMILES string of the molecule is CC(C)CC(NC(=O)C1CCN(C(C)C)CC1)C(=O)O. The predicted molar refractivity (Wildman–Crippen MR) is 78.5 cm³/mol. The van der Waals surface area contributed by atoms with Crippen LogP contribution in [0.1, 0.15) is 47.0 Å². The molecule has 116 valence electrons. The zero-order chi connectivity index (χ0) is 15.3. The summed E-state index contributed by atoms with van der Waals surface area (Å²) in [6.45, 7) is 10.1. The van der Waals surface area contributed by atoms with Crippen molar-refractivity contribution in [3.8, 4) is 0 Å². The topological polar surface area (TPSA) is 69.6 Å². The van der Waals surface area contributed by atoms with E-state index in [1.54, 1.807) is 0 Å². The van der Waals surface area contributed by atoms with Crippen molar-refractivity contribution in [3.63, 3.8) is 0 Å². The molecular weight excluding hydrogens is 256 g/mol. The number of likely N-dealkylation sites (tertiary alicyclic amines) is 1. The molecule has 0 bridgehead atoms. The zero-order valence-corrected chi connectivity index (χ0v) is 13.1. The van der Waals surface area contributed by atoms with Crippen molar-refractivity contribution in [2.75, 3.05) is 13.1 Å². The fraction of sp³-hybridized carbons (Fsp3) is 0.867. The number of hydrogen-bond donors (Lipinski definition) is 2. The molecule has 1 heterocycles. The highest BCUT2D eigenvalue weighted by atomic mass is 16.4. The second-order valence-electron chi connectivity index (χ2n) is 6.43. The standard InChI is InChI=1S/C15H28N2O3/c1-10(2)9-13(15(19)20)16-14(18)12-5-7-17(8-6-12)11(3)4/h10-13H,5-9H2,1-4H3,(H,16,18)(H,19,20). The summed E-state index contributed by atoms with van der Waals surface area (Å²) >= 11 is 0. The molecule has 0 aliphatic carbocycles. The van der Waals surface area contributed by atoms with E-state index >= 15 is 0 Å².